The van der Waals surface area contributed by atoms with Gasteiger partial charge in [-0.3, -0.25) is 0 Å². The lowest BCUT2D eigenvalue weighted by molar-refractivity contribution is 0.669. The average molecular weight is 718 g/mol. The number of furan rings is 2. The van der Waals surface area contributed by atoms with E-state index < -0.39 is 0 Å². The van der Waals surface area contributed by atoms with Gasteiger partial charge in [-0.15, -0.1) is 0 Å². The maximum Gasteiger partial charge on any atom is 0.167 e. The molecule has 0 fully saturated rings. The Kier molecular flexibility index (Phi) is 7.42. The van der Waals surface area contributed by atoms with Crippen molar-refractivity contribution in [2.75, 3.05) is 0 Å². The third-order valence-electron chi connectivity index (χ3n) is 10.6. The normalized spacial score (nSPS) is 11.6. The molecule has 0 N–H and O–H groups in total. The molecule has 8 aromatic carbocycles. The predicted molar refractivity (Wildman–Crippen MR) is 227 cm³/mol. The second-order valence-corrected chi connectivity index (χ2v) is 14.0. The van der Waals surface area contributed by atoms with Crippen LogP contribution in [0.15, 0.2) is 197 Å². The molecule has 0 saturated carbocycles. The van der Waals surface area contributed by atoms with Crippen molar-refractivity contribution in [2.24, 2.45) is 0 Å². The van der Waals surface area contributed by atoms with Crippen molar-refractivity contribution < 1.29 is 8.83 Å². The van der Waals surface area contributed by atoms with Gasteiger partial charge < -0.3 is 8.83 Å². The molecule has 0 amide bonds. The van der Waals surface area contributed by atoms with Crippen LogP contribution < -0.4 is 0 Å². The number of hydrogen-bond donors (Lipinski definition) is 0. The molecule has 11 aromatic rings. The van der Waals surface area contributed by atoms with Gasteiger partial charge >= 0.3 is 0 Å². The number of aromatic nitrogens is 3. The van der Waals surface area contributed by atoms with Crippen LogP contribution in [-0.2, 0) is 0 Å². The molecular formula is C51H31N3O2. The van der Waals surface area contributed by atoms with Crippen molar-refractivity contribution in [1.82, 2.24) is 15.0 Å². The summed E-state index contributed by atoms with van der Waals surface area (Å²) in [6.45, 7) is 0. The Balaban J connectivity index is 1.05. The summed E-state index contributed by atoms with van der Waals surface area (Å²) in [6.07, 6.45) is 0. The summed E-state index contributed by atoms with van der Waals surface area (Å²) in [7, 11) is 0. The minimum absolute atomic E-state index is 0.533. The van der Waals surface area contributed by atoms with Gasteiger partial charge in [0.05, 0.1) is 5.56 Å². The zero-order valence-corrected chi connectivity index (χ0v) is 30.1. The lowest BCUT2D eigenvalue weighted by Crippen LogP contribution is -2.00. The number of fused-ring (bicyclic) bond motifs is 6. The number of nitrogens with zero attached hydrogens (tertiary/aromatic N) is 3. The summed E-state index contributed by atoms with van der Waals surface area (Å²) >= 11 is 0. The molecule has 56 heavy (non-hydrogen) atoms. The van der Waals surface area contributed by atoms with Crippen LogP contribution in [0, 0.1) is 0 Å². The second-order valence-electron chi connectivity index (χ2n) is 14.0. The van der Waals surface area contributed by atoms with Crippen LogP contribution in [0.2, 0.25) is 0 Å². The van der Waals surface area contributed by atoms with Crippen LogP contribution in [0.25, 0.3) is 111 Å². The molecule has 0 aliphatic carbocycles. The molecule has 3 aromatic heterocycles. The summed E-state index contributed by atoms with van der Waals surface area (Å²) in [5.41, 5.74) is 12.5. The first kappa shape index (κ1) is 31.9. The van der Waals surface area contributed by atoms with Gasteiger partial charge in [-0.05, 0) is 58.1 Å². The molecule has 11 rings (SSSR count). The summed E-state index contributed by atoms with van der Waals surface area (Å²) in [5.74, 6) is 1.65. The molecule has 0 saturated heterocycles. The number of rotatable bonds is 6. The molecule has 0 aliphatic heterocycles. The molecule has 0 aliphatic rings. The molecule has 0 bridgehead atoms. The number of hydrogen-bond acceptors (Lipinski definition) is 5. The van der Waals surface area contributed by atoms with Crippen molar-refractivity contribution in [3.8, 4) is 67.5 Å². The van der Waals surface area contributed by atoms with Gasteiger partial charge in [-0.1, -0.05) is 158 Å². The number of para-hydroxylation sites is 3. The van der Waals surface area contributed by atoms with E-state index in [0.717, 1.165) is 82.8 Å². The van der Waals surface area contributed by atoms with Crippen molar-refractivity contribution in [1.29, 1.82) is 0 Å². The van der Waals surface area contributed by atoms with Gasteiger partial charge in [0, 0.05) is 38.2 Å². The summed E-state index contributed by atoms with van der Waals surface area (Å²) in [6, 6.07) is 64.6. The third-order valence-corrected chi connectivity index (χ3v) is 10.6. The molecule has 5 nitrogen and oxygen atoms in total. The first-order chi connectivity index (χ1) is 27.7. The monoisotopic (exact) mass is 717 g/mol. The zero-order chi connectivity index (χ0) is 37.0. The zero-order valence-electron chi connectivity index (χ0n) is 30.1. The third kappa shape index (κ3) is 5.45. The topological polar surface area (TPSA) is 65.0 Å². The molecule has 3 heterocycles. The van der Waals surface area contributed by atoms with Crippen LogP contribution in [0.1, 0.15) is 0 Å². The van der Waals surface area contributed by atoms with Crippen LogP contribution in [0.3, 0.4) is 0 Å². The van der Waals surface area contributed by atoms with E-state index in [9.17, 15) is 0 Å². The van der Waals surface area contributed by atoms with E-state index in [2.05, 4.69) is 127 Å². The highest BCUT2D eigenvalue weighted by molar-refractivity contribution is 6.11. The summed E-state index contributed by atoms with van der Waals surface area (Å²) in [5, 5.41) is 4.17. The van der Waals surface area contributed by atoms with E-state index in [1.54, 1.807) is 0 Å². The van der Waals surface area contributed by atoms with E-state index in [4.69, 9.17) is 23.8 Å². The minimum Gasteiger partial charge on any atom is -0.455 e. The molecule has 0 atom stereocenters. The Labute approximate surface area is 322 Å². The van der Waals surface area contributed by atoms with Gasteiger partial charge in [-0.2, -0.15) is 0 Å². The lowest BCUT2D eigenvalue weighted by Gasteiger charge is -2.10. The van der Waals surface area contributed by atoms with Crippen molar-refractivity contribution >= 4 is 43.9 Å². The average Bonchev–Trinajstić information content (AvgIpc) is 3.85. The fourth-order valence-electron chi connectivity index (χ4n) is 7.78. The minimum atomic E-state index is 0.533. The van der Waals surface area contributed by atoms with Gasteiger partial charge in [0.15, 0.2) is 17.5 Å². The Morgan fingerprint density at radius 3 is 1.50 bits per heavy atom. The van der Waals surface area contributed by atoms with Gasteiger partial charge in [0.2, 0.25) is 0 Å². The van der Waals surface area contributed by atoms with Crippen LogP contribution >= 0.6 is 0 Å². The maximum atomic E-state index is 6.63. The van der Waals surface area contributed by atoms with E-state index >= 15 is 0 Å². The Hall–Kier alpha value is -7.63. The van der Waals surface area contributed by atoms with E-state index in [-0.39, 0.29) is 0 Å². The predicted octanol–water partition coefficient (Wildman–Crippen LogP) is 13.7. The smallest absolute Gasteiger partial charge is 0.167 e. The molecular weight excluding hydrogens is 687 g/mol. The molecule has 0 spiro atoms. The molecule has 0 unspecified atom stereocenters. The van der Waals surface area contributed by atoms with Crippen molar-refractivity contribution in [3.63, 3.8) is 0 Å². The Bertz CT molecular complexity index is 3240. The van der Waals surface area contributed by atoms with Gasteiger partial charge in [-0.25, -0.2) is 15.0 Å². The fraction of sp³-hybridized carbons (Fsp3) is 0. The van der Waals surface area contributed by atoms with E-state index in [0.29, 0.717) is 17.5 Å². The summed E-state index contributed by atoms with van der Waals surface area (Å²) in [4.78, 5) is 15.3. The number of benzene rings is 8. The standard InChI is InChI=1S/C51H31N3O2/c1-3-12-32(13-4-1)36-16-9-17-37(30-36)33-24-26-35(27-25-33)49-52-50(54-51(53-49)44-22-11-21-42-40-18-7-8-23-45(40)55-48(42)44)38-28-29-41-43-20-10-19-39(34-14-5-2-6-15-34)47(43)56-46(41)31-38/h1-31H. The quantitative estimate of drug-likeness (QED) is 0.171. The largest absolute Gasteiger partial charge is 0.455 e. The highest BCUT2D eigenvalue weighted by Crippen LogP contribution is 2.39. The maximum absolute atomic E-state index is 6.63. The fourth-order valence-corrected chi connectivity index (χ4v) is 7.78. The Morgan fingerprint density at radius 1 is 0.268 bits per heavy atom. The lowest BCUT2D eigenvalue weighted by atomic mass is 9.98. The summed E-state index contributed by atoms with van der Waals surface area (Å²) < 4.78 is 13.1. The first-order valence-corrected chi connectivity index (χ1v) is 18.7. The van der Waals surface area contributed by atoms with Gasteiger partial charge in [0.1, 0.15) is 22.3 Å². The second kappa shape index (κ2) is 13.0. The Morgan fingerprint density at radius 2 is 0.750 bits per heavy atom. The van der Waals surface area contributed by atoms with Gasteiger partial charge in [0.25, 0.3) is 0 Å². The van der Waals surface area contributed by atoms with Crippen LogP contribution in [0.5, 0.6) is 0 Å². The van der Waals surface area contributed by atoms with E-state index in [1.165, 1.54) is 11.1 Å². The first-order valence-electron chi connectivity index (χ1n) is 18.7. The van der Waals surface area contributed by atoms with Crippen molar-refractivity contribution in [3.05, 3.63) is 188 Å². The van der Waals surface area contributed by atoms with E-state index in [1.807, 2.05) is 60.7 Å². The highest BCUT2D eigenvalue weighted by atomic mass is 16.3. The van der Waals surface area contributed by atoms with Crippen molar-refractivity contribution in [2.45, 2.75) is 0 Å². The molecule has 5 heteroatoms. The van der Waals surface area contributed by atoms with Crippen LogP contribution in [-0.4, -0.2) is 15.0 Å². The molecule has 0 radical (unpaired) electrons. The highest BCUT2D eigenvalue weighted by Gasteiger charge is 2.19. The SMILES string of the molecule is c1ccc(-c2cccc(-c3ccc(-c4nc(-c5ccc6c(c5)oc5c(-c7ccccc7)cccc56)nc(-c5cccc6c5oc5ccccc56)n4)cc3)c2)cc1. The molecule has 262 valence electrons. The van der Waals surface area contributed by atoms with Crippen LogP contribution in [0.4, 0.5) is 0 Å².